The Morgan fingerprint density at radius 1 is 1.47 bits per heavy atom. The van der Waals surface area contributed by atoms with Crippen LogP contribution in [0.15, 0.2) is 0 Å². The van der Waals surface area contributed by atoms with Crippen molar-refractivity contribution < 1.29 is 14.3 Å². The second-order valence-corrected chi connectivity index (χ2v) is 4.90. The van der Waals surface area contributed by atoms with E-state index < -0.39 is 0 Å². The Morgan fingerprint density at radius 2 is 2.35 bits per heavy atom. The first-order chi connectivity index (χ1) is 8.24. The third-order valence-corrected chi connectivity index (χ3v) is 3.28. The minimum absolute atomic E-state index is 0.118. The number of morpholine rings is 1. The van der Waals surface area contributed by atoms with Crippen LogP contribution in [0.1, 0.15) is 26.2 Å². The zero-order valence-corrected chi connectivity index (χ0v) is 10.4. The maximum absolute atomic E-state index is 11.8. The molecule has 0 spiro atoms. The molecule has 0 saturated carbocycles. The van der Waals surface area contributed by atoms with Crippen molar-refractivity contribution in [1.29, 1.82) is 0 Å². The molecule has 0 aromatic rings. The molecule has 1 amide bonds. The summed E-state index contributed by atoms with van der Waals surface area (Å²) in [5.74, 6) is 0.118. The number of hydrogen-bond acceptors (Lipinski definition) is 4. The number of ether oxygens (including phenoxy) is 2. The van der Waals surface area contributed by atoms with Gasteiger partial charge in [-0.05, 0) is 19.8 Å². The van der Waals surface area contributed by atoms with E-state index in [0.29, 0.717) is 13.0 Å². The Morgan fingerprint density at radius 3 is 3.06 bits per heavy atom. The third-order valence-electron chi connectivity index (χ3n) is 3.28. The third kappa shape index (κ3) is 4.26. The van der Waals surface area contributed by atoms with Crippen LogP contribution in [-0.2, 0) is 14.3 Å². The van der Waals surface area contributed by atoms with Gasteiger partial charge in [-0.2, -0.15) is 0 Å². The number of carbonyl (C=O) groups is 1. The van der Waals surface area contributed by atoms with Crippen molar-refractivity contribution in [1.82, 2.24) is 10.6 Å². The molecular formula is C12H22N2O3. The van der Waals surface area contributed by atoms with Gasteiger partial charge in [-0.15, -0.1) is 0 Å². The van der Waals surface area contributed by atoms with E-state index in [1.807, 2.05) is 0 Å². The summed E-state index contributed by atoms with van der Waals surface area (Å²) in [6.45, 7) is 5.02. The first-order valence-corrected chi connectivity index (χ1v) is 6.46. The van der Waals surface area contributed by atoms with Gasteiger partial charge in [0.25, 0.3) is 0 Å². The Bertz CT molecular complexity index is 254. The molecule has 2 heterocycles. The summed E-state index contributed by atoms with van der Waals surface area (Å²) in [6.07, 6.45) is 2.60. The number of nitrogens with one attached hydrogen (secondary N) is 2. The summed E-state index contributed by atoms with van der Waals surface area (Å²) in [4.78, 5) is 11.8. The smallest absolute Gasteiger partial charge is 0.221 e. The van der Waals surface area contributed by atoms with Crippen LogP contribution in [0.2, 0.25) is 0 Å². The zero-order chi connectivity index (χ0) is 12.1. The fraction of sp³-hybridized carbons (Fsp3) is 0.917. The first-order valence-electron chi connectivity index (χ1n) is 6.46. The molecule has 0 bridgehead atoms. The second kappa shape index (κ2) is 6.33. The molecule has 2 rings (SSSR count). The lowest BCUT2D eigenvalue weighted by Crippen LogP contribution is -2.47. The topological polar surface area (TPSA) is 59.6 Å². The second-order valence-electron chi connectivity index (χ2n) is 4.90. The van der Waals surface area contributed by atoms with Gasteiger partial charge in [-0.1, -0.05) is 0 Å². The maximum atomic E-state index is 11.8. The molecule has 0 aromatic carbocycles. The molecule has 3 atom stereocenters. The van der Waals surface area contributed by atoms with E-state index in [1.165, 1.54) is 0 Å². The normalized spacial score (nSPS) is 34.3. The van der Waals surface area contributed by atoms with E-state index in [0.717, 1.165) is 32.6 Å². The van der Waals surface area contributed by atoms with Gasteiger partial charge in [0, 0.05) is 31.7 Å². The minimum Gasteiger partial charge on any atom is -0.378 e. The van der Waals surface area contributed by atoms with Crippen LogP contribution in [0, 0.1) is 0 Å². The highest BCUT2D eigenvalue weighted by Crippen LogP contribution is 2.13. The molecule has 5 heteroatoms. The SMILES string of the molecule is CC1CC(NC(=O)CC2COCCN2)CCO1. The quantitative estimate of drug-likeness (QED) is 0.734. The maximum Gasteiger partial charge on any atom is 0.221 e. The fourth-order valence-electron chi connectivity index (χ4n) is 2.39. The monoisotopic (exact) mass is 242 g/mol. The van der Waals surface area contributed by atoms with Crippen molar-refractivity contribution in [2.45, 2.75) is 44.4 Å². The van der Waals surface area contributed by atoms with Crippen molar-refractivity contribution in [3.63, 3.8) is 0 Å². The lowest BCUT2D eigenvalue weighted by molar-refractivity contribution is -0.123. The summed E-state index contributed by atoms with van der Waals surface area (Å²) in [5.41, 5.74) is 0. The number of amides is 1. The van der Waals surface area contributed by atoms with E-state index >= 15 is 0 Å². The number of rotatable bonds is 3. The molecule has 2 saturated heterocycles. The lowest BCUT2D eigenvalue weighted by Gasteiger charge is -2.29. The van der Waals surface area contributed by atoms with Gasteiger partial charge in [-0.3, -0.25) is 4.79 Å². The van der Waals surface area contributed by atoms with Crippen molar-refractivity contribution >= 4 is 5.91 Å². The van der Waals surface area contributed by atoms with Gasteiger partial charge >= 0.3 is 0 Å². The van der Waals surface area contributed by atoms with Crippen LogP contribution < -0.4 is 10.6 Å². The van der Waals surface area contributed by atoms with E-state index in [-0.39, 0.29) is 24.1 Å². The molecule has 2 aliphatic heterocycles. The van der Waals surface area contributed by atoms with Crippen LogP contribution in [0.25, 0.3) is 0 Å². The van der Waals surface area contributed by atoms with Gasteiger partial charge < -0.3 is 20.1 Å². The van der Waals surface area contributed by atoms with E-state index in [4.69, 9.17) is 9.47 Å². The standard InChI is InChI=1S/C12H22N2O3/c1-9-6-10(2-4-17-9)14-12(15)7-11-8-16-5-3-13-11/h9-11,13H,2-8H2,1H3,(H,14,15). The van der Waals surface area contributed by atoms with E-state index in [1.54, 1.807) is 0 Å². The predicted octanol–water partition coefficient (Wildman–Crippen LogP) is 0.0486. The molecule has 0 radical (unpaired) electrons. The van der Waals surface area contributed by atoms with E-state index in [2.05, 4.69) is 17.6 Å². The van der Waals surface area contributed by atoms with Crippen LogP contribution in [0.5, 0.6) is 0 Å². The highest BCUT2D eigenvalue weighted by Gasteiger charge is 2.23. The van der Waals surface area contributed by atoms with Crippen LogP contribution in [-0.4, -0.2) is 50.5 Å². The molecule has 2 aliphatic rings. The molecule has 98 valence electrons. The zero-order valence-electron chi connectivity index (χ0n) is 10.4. The summed E-state index contributed by atoms with van der Waals surface area (Å²) >= 11 is 0. The largest absolute Gasteiger partial charge is 0.378 e. The average molecular weight is 242 g/mol. The summed E-state index contributed by atoms with van der Waals surface area (Å²) in [6, 6.07) is 0.441. The Labute approximate surface area is 102 Å². The molecule has 2 fully saturated rings. The predicted molar refractivity (Wildman–Crippen MR) is 63.8 cm³/mol. The van der Waals surface area contributed by atoms with Crippen molar-refractivity contribution in [2.75, 3.05) is 26.4 Å². The first kappa shape index (κ1) is 12.8. The van der Waals surface area contributed by atoms with Gasteiger partial charge in [0.2, 0.25) is 5.91 Å². The summed E-state index contributed by atoms with van der Waals surface area (Å²) in [5, 5.41) is 6.37. The molecule has 5 nitrogen and oxygen atoms in total. The average Bonchev–Trinajstić information content (AvgIpc) is 2.30. The van der Waals surface area contributed by atoms with Gasteiger partial charge in [0.05, 0.1) is 19.3 Å². The molecular weight excluding hydrogens is 220 g/mol. The molecule has 0 aliphatic carbocycles. The summed E-state index contributed by atoms with van der Waals surface area (Å²) in [7, 11) is 0. The lowest BCUT2D eigenvalue weighted by atomic mass is 10.0. The highest BCUT2D eigenvalue weighted by molar-refractivity contribution is 5.76. The van der Waals surface area contributed by atoms with Crippen molar-refractivity contribution in [2.24, 2.45) is 0 Å². The van der Waals surface area contributed by atoms with Gasteiger partial charge in [-0.25, -0.2) is 0 Å². The highest BCUT2D eigenvalue weighted by atomic mass is 16.5. The van der Waals surface area contributed by atoms with Crippen molar-refractivity contribution in [3.8, 4) is 0 Å². The molecule has 2 N–H and O–H groups in total. The molecule has 0 aromatic heterocycles. The van der Waals surface area contributed by atoms with Gasteiger partial charge in [0.1, 0.15) is 0 Å². The van der Waals surface area contributed by atoms with E-state index in [9.17, 15) is 4.79 Å². The molecule has 3 unspecified atom stereocenters. The number of hydrogen-bond donors (Lipinski definition) is 2. The van der Waals surface area contributed by atoms with Crippen LogP contribution in [0.3, 0.4) is 0 Å². The Kier molecular flexibility index (Phi) is 4.76. The van der Waals surface area contributed by atoms with Crippen LogP contribution >= 0.6 is 0 Å². The van der Waals surface area contributed by atoms with Crippen molar-refractivity contribution in [3.05, 3.63) is 0 Å². The Balaban J connectivity index is 1.68. The summed E-state index contributed by atoms with van der Waals surface area (Å²) < 4.78 is 10.8. The molecule has 17 heavy (non-hydrogen) atoms. The number of carbonyl (C=O) groups excluding carboxylic acids is 1. The Hall–Kier alpha value is -0.650. The fourth-order valence-corrected chi connectivity index (χ4v) is 2.39. The van der Waals surface area contributed by atoms with Gasteiger partial charge in [0.15, 0.2) is 0 Å². The van der Waals surface area contributed by atoms with Crippen LogP contribution in [0.4, 0.5) is 0 Å². The minimum atomic E-state index is 0.118.